The molecule has 2 heterocycles. The molecular formula is C15H23ClN4. The third-order valence-electron chi connectivity index (χ3n) is 3.63. The number of aromatic nitrogens is 3. The van der Waals surface area contributed by atoms with Gasteiger partial charge >= 0.3 is 0 Å². The fourth-order valence-electron chi connectivity index (χ4n) is 2.53. The summed E-state index contributed by atoms with van der Waals surface area (Å²) in [6.07, 6.45) is 5.38. The molecule has 0 aromatic carbocycles. The van der Waals surface area contributed by atoms with E-state index in [-0.39, 0.29) is 0 Å². The smallest absolute Gasteiger partial charge is 0.0865 e. The maximum absolute atomic E-state index is 6.30. The second kappa shape index (κ2) is 6.46. The lowest BCUT2D eigenvalue weighted by atomic mass is 10.1. The van der Waals surface area contributed by atoms with Gasteiger partial charge in [-0.1, -0.05) is 25.4 Å². The van der Waals surface area contributed by atoms with Gasteiger partial charge in [0.15, 0.2) is 0 Å². The van der Waals surface area contributed by atoms with Gasteiger partial charge in [-0.05, 0) is 31.5 Å². The number of halogens is 1. The maximum Gasteiger partial charge on any atom is 0.0865 e. The van der Waals surface area contributed by atoms with E-state index in [0.29, 0.717) is 6.04 Å². The van der Waals surface area contributed by atoms with Gasteiger partial charge in [0.25, 0.3) is 0 Å². The standard InChI is InChI=1S/C15H23ClN4/c1-5-13(17-6-2)12-7-8-20(9-12)10-14-15(16)11(3)18-19(14)4/h7-9,13,17H,5-6,10H2,1-4H3. The van der Waals surface area contributed by atoms with E-state index in [1.165, 1.54) is 5.56 Å². The van der Waals surface area contributed by atoms with Gasteiger partial charge in [0.2, 0.25) is 0 Å². The van der Waals surface area contributed by atoms with Gasteiger partial charge in [-0.25, -0.2) is 0 Å². The van der Waals surface area contributed by atoms with Crippen LogP contribution in [0.15, 0.2) is 18.5 Å². The van der Waals surface area contributed by atoms with Gasteiger partial charge in [-0.2, -0.15) is 5.10 Å². The summed E-state index contributed by atoms with van der Waals surface area (Å²) < 4.78 is 4.02. The van der Waals surface area contributed by atoms with Crippen LogP contribution in [0.3, 0.4) is 0 Å². The molecule has 0 aliphatic heterocycles. The van der Waals surface area contributed by atoms with Gasteiger partial charge in [0, 0.05) is 25.5 Å². The molecule has 20 heavy (non-hydrogen) atoms. The van der Waals surface area contributed by atoms with Crippen LogP contribution in [-0.2, 0) is 13.6 Å². The zero-order valence-electron chi connectivity index (χ0n) is 12.7. The monoisotopic (exact) mass is 294 g/mol. The second-order valence-corrected chi connectivity index (χ2v) is 5.48. The minimum absolute atomic E-state index is 0.421. The molecule has 0 amide bonds. The molecule has 4 nitrogen and oxygen atoms in total. The number of aryl methyl sites for hydroxylation is 2. The van der Waals surface area contributed by atoms with Crippen LogP contribution in [0, 0.1) is 6.92 Å². The summed E-state index contributed by atoms with van der Waals surface area (Å²) in [5, 5.41) is 8.61. The minimum Gasteiger partial charge on any atom is -0.348 e. The first-order chi connectivity index (χ1) is 9.56. The average Bonchev–Trinajstić information content (AvgIpc) is 2.97. The normalized spacial score (nSPS) is 12.8. The van der Waals surface area contributed by atoms with Gasteiger partial charge in [-0.15, -0.1) is 0 Å². The zero-order valence-corrected chi connectivity index (χ0v) is 13.4. The first kappa shape index (κ1) is 15.1. The van der Waals surface area contributed by atoms with E-state index < -0.39 is 0 Å². The number of hydrogen-bond acceptors (Lipinski definition) is 2. The van der Waals surface area contributed by atoms with E-state index in [4.69, 9.17) is 11.6 Å². The lowest BCUT2D eigenvalue weighted by molar-refractivity contribution is 0.536. The van der Waals surface area contributed by atoms with Crippen molar-refractivity contribution in [3.63, 3.8) is 0 Å². The zero-order chi connectivity index (χ0) is 14.7. The lowest BCUT2D eigenvalue weighted by Crippen LogP contribution is -2.19. The molecule has 0 saturated carbocycles. The molecule has 0 bridgehead atoms. The van der Waals surface area contributed by atoms with E-state index >= 15 is 0 Å². The summed E-state index contributed by atoms with van der Waals surface area (Å²) in [4.78, 5) is 0. The van der Waals surface area contributed by atoms with Gasteiger partial charge in [0.05, 0.1) is 23.0 Å². The molecule has 0 aliphatic rings. The van der Waals surface area contributed by atoms with Gasteiger partial charge in [0.1, 0.15) is 0 Å². The average molecular weight is 295 g/mol. The molecule has 0 saturated heterocycles. The molecule has 0 radical (unpaired) electrons. The van der Waals surface area contributed by atoms with Crippen molar-refractivity contribution in [3.05, 3.63) is 40.4 Å². The van der Waals surface area contributed by atoms with Crippen molar-refractivity contribution >= 4 is 11.6 Å². The number of rotatable bonds is 6. The van der Waals surface area contributed by atoms with Crippen molar-refractivity contribution in [2.45, 2.75) is 39.8 Å². The highest BCUT2D eigenvalue weighted by atomic mass is 35.5. The third kappa shape index (κ3) is 3.07. The Morgan fingerprint density at radius 2 is 2.15 bits per heavy atom. The van der Waals surface area contributed by atoms with Crippen molar-refractivity contribution in [3.8, 4) is 0 Å². The second-order valence-electron chi connectivity index (χ2n) is 5.11. The fraction of sp³-hybridized carbons (Fsp3) is 0.533. The van der Waals surface area contributed by atoms with Crippen LogP contribution in [-0.4, -0.2) is 20.9 Å². The molecular weight excluding hydrogens is 272 g/mol. The van der Waals surface area contributed by atoms with Crippen LogP contribution in [0.5, 0.6) is 0 Å². The van der Waals surface area contributed by atoms with Crippen LogP contribution in [0.4, 0.5) is 0 Å². The minimum atomic E-state index is 0.421. The summed E-state index contributed by atoms with van der Waals surface area (Å²) in [6, 6.07) is 2.60. The molecule has 0 fully saturated rings. The Bertz CT molecular complexity index is 570. The van der Waals surface area contributed by atoms with Crippen LogP contribution >= 0.6 is 11.6 Å². The molecule has 5 heteroatoms. The summed E-state index contributed by atoms with van der Waals surface area (Å²) in [5.41, 5.74) is 3.25. The molecule has 2 rings (SSSR count). The Kier molecular flexibility index (Phi) is 4.89. The van der Waals surface area contributed by atoms with E-state index in [2.05, 4.69) is 47.3 Å². The predicted octanol–water partition coefficient (Wildman–Crippen LogP) is 3.29. The summed E-state index contributed by atoms with van der Waals surface area (Å²) in [5.74, 6) is 0. The Balaban J connectivity index is 2.17. The highest BCUT2D eigenvalue weighted by molar-refractivity contribution is 6.31. The topological polar surface area (TPSA) is 34.8 Å². The molecule has 2 aromatic heterocycles. The van der Waals surface area contributed by atoms with Crippen molar-refractivity contribution in [2.75, 3.05) is 6.54 Å². The highest BCUT2D eigenvalue weighted by Crippen LogP contribution is 2.22. The van der Waals surface area contributed by atoms with E-state index in [1.54, 1.807) is 0 Å². The molecule has 0 aliphatic carbocycles. The first-order valence-corrected chi connectivity index (χ1v) is 7.51. The SMILES string of the molecule is CCNC(CC)c1ccn(Cc2c(Cl)c(C)nn2C)c1. The van der Waals surface area contributed by atoms with Crippen molar-refractivity contribution in [2.24, 2.45) is 7.05 Å². The molecule has 1 unspecified atom stereocenters. The highest BCUT2D eigenvalue weighted by Gasteiger charge is 2.13. The number of nitrogens with zero attached hydrogens (tertiary/aromatic N) is 3. The van der Waals surface area contributed by atoms with Crippen LogP contribution in [0.2, 0.25) is 5.02 Å². The summed E-state index contributed by atoms with van der Waals surface area (Å²) in [7, 11) is 1.94. The molecule has 1 atom stereocenters. The molecule has 110 valence electrons. The van der Waals surface area contributed by atoms with Crippen molar-refractivity contribution < 1.29 is 0 Å². The van der Waals surface area contributed by atoms with E-state index in [1.807, 2.05) is 18.7 Å². The number of nitrogens with one attached hydrogen (secondary N) is 1. The van der Waals surface area contributed by atoms with Gasteiger partial charge < -0.3 is 9.88 Å². The third-order valence-corrected chi connectivity index (χ3v) is 4.12. The van der Waals surface area contributed by atoms with E-state index in [0.717, 1.165) is 35.9 Å². The van der Waals surface area contributed by atoms with Crippen LogP contribution in [0.25, 0.3) is 0 Å². The predicted molar refractivity (Wildman–Crippen MR) is 83.2 cm³/mol. The molecule has 2 aromatic rings. The fourth-order valence-corrected chi connectivity index (χ4v) is 2.75. The van der Waals surface area contributed by atoms with E-state index in [9.17, 15) is 0 Å². The molecule has 0 spiro atoms. The largest absolute Gasteiger partial charge is 0.348 e. The quantitative estimate of drug-likeness (QED) is 0.887. The van der Waals surface area contributed by atoms with Crippen molar-refractivity contribution in [1.82, 2.24) is 19.7 Å². The Labute approximate surface area is 125 Å². The Morgan fingerprint density at radius 3 is 2.70 bits per heavy atom. The van der Waals surface area contributed by atoms with Crippen LogP contribution < -0.4 is 5.32 Å². The Hall–Kier alpha value is -1.26. The summed E-state index contributed by atoms with van der Waals surface area (Å²) in [6.45, 7) is 8.00. The number of hydrogen-bond donors (Lipinski definition) is 1. The molecule has 1 N–H and O–H groups in total. The first-order valence-electron chi connectivity index (χ1n) is 7.13. The Morgan fingerprint density at radius 1 is 1.40 bits per heavy atom. The lowest BCUT2D eigenvalue weighted by Gasteiger charge is -2.14. The van der Waals surface area contributed by atoms with Gasteiger partial charge in [-0.3, -0.25) is 4.68 Å². The van der Waals surface area contributed by atoms with Crippen LogP contribution in [0.1, 0.15) is 43.3 Å². The van der Waals surface area contributed by atoms with Crippen molar-refractivity contribution in [1.29, 1.82) is 0 Å². The summed E-state index contributed by atoms with van der Waals surface area (Å²) >= 11 is 6.30. The maximum atomic E-state index is 6.30.